The lowest BCUT2D eigenvalue weighted by atomic mass is 9.51. The van der Waals surface area contributed by atoms with Gasteiger partial charge in [-0.1, -0.05) is 52.8 Å². The number of thiocarbonyl (C=S) groups is 1. The number of benzene rings is 1. The summed E-state index contributed by atoms with van der Waals surface area (Å²) in [6.45, 7) is 10.7. The van der Waals surface area contributed by atoms with Crippen molar-refractivity contribution in [3.63, 3.8) is 0 Å². The quantitative estimate of drug-likeness (QED) is 0.206. The Labute approximate surface area is 245 Å². The van der Waals surface area contributed by atoms with Crippen molar-refractivity contribution in [1.29, 1.82) is 0 Å². The smallest absolute Gasteiger partial charge is 0.358 e. The average molecular weight is 597 g/mol. The Morgan fingerprint density at radius 1 is 1.12 bits per heavy atom. The fraction of sp³-hybridized carbons (Fsp3) is 0.690. The Balaban J connectivity index is 2.01. The predicted octanol–water partition coefficient (Wildman–Crippen LogP) is 1.98. The van der Waals surface area contributed by atoms with Gasteiger partial charge in [0.2, 0.25) is 0 Å². The van der Waals surface area contributed by atoms with E-state index in [4.69, 9.17) is 40.6 Å². The number of carbonyl (C=O) groups is 2. The van der Waals surface area contributed by atoms with Gasteiger partial charge in [-0.05, 0) is 30.4 Å². The van der Waals surface area contributed by atoms with Crippen LogP contribution in [0.1, 0.15) is 41.5 Å². The molecule has 0 amide bonds. The summed E-state index contributed by atoms with van der Waals surface area (Å²) in [4.78, 5) is 25.3. The van der Waals surface area contributed by atoms with Gasteiger partial charge in [0.1, 0.15) is 17.3 Å². The molecule has 6 unspecified atom stereocenters. The summed E-state index contributed by atoms with van der Waals surface area (Å²) in [6.07, 6.45) is -10.9. The fourth-order valence-corrected chi connectivity index (χ4v) is 7.91. The van der Waals surface area contributed by atoms with E-state index >= 15 is 0 Å². The SMILES string of the molecule is COC1OC2C(=O)OC3[C@H](O)[C@@H](C(C)(C)C)C1([C@H](C)O)C23[C@@H](OC(=S)Oc1ccccc1)C(OC=O)[C@H](O)C(C)C. The van der Waals surface area contributed by atoms with Crippen LogP contribution in [-0.4, -0.2) is 89.1 Å². The van der Waals surface area contributed by atoms with Crippen molar-refractivity contribution in [3.05, 3.63) is 30.3 Å². The van der Waals surface area contributed by atoms with Crippen LogP contribution in [0.2, 0.25) is 0 Å². The Morgan fingerprint density at radius 2 is 1.76 bits per heavy atom. The van der Waals surface area contributed by atoms with Gasteiger partial charge in [-0.25, -0.2) is 4.79 Å². The van der Waals surface area contributed by atoms with Crippen LogP contribution in [0.5, 0.6) is 5.75 Å². The van der Waals surface area contributed by atoms with E-state index in [0.717, 1.165) is 0 Å². The highest BCUT2D eigenvalue weighted by Gasteiger charge is 2.90. The Kier molecular flexibility index (Phi) is 8.77. The van der Waals surface area contributed by atoms with Gasteiger partial charge in [0, 0.05) is 25.2 Å². The van der Waals surface area contributed by atoms with Crippen LogP contribution >= 0.6 is 12.2 Å². The van der Waals surface area contributed by atoms with E-state index in [1.807, 2.05) is 20.8 Å². The van der Waals surface area contributed by atoms with Crippen molar-refractivity contribution in [2.24, 2.45) is 28.1 Å². The number of esters is 1. The molecule has 2 aliphatic heterocycles. The molecule has 2 heterocycles. The van der Waals surface area contributed by atoms with E-state index in [1.165, 1.54) is 14.0 Å². The summed E-state index contributed by atoms with van der Waals surface area (Å²) >= 11 is 5.49. The molecule has 0 spiro atoms. The molecule has 228 valence electrons. The highest BCUT2D eigenvalue weighted by molar-refractivity contribution is 7.79. The minimum Gasteiger partial charge on any atom is -0.458 e. The van der Waals surface area contributed by atoms with Gasteiger partial charge in [0.15, 0.2) is 24.6 Å². The number of aliphatic hydroxyl groups excluding tert-OH is 3. The molecular weight excluding hydrogens is 556 g/mol. The van der Waals surface area contributed by atoms with E-state index in [1.54, 1.807) is 44.2 Å². The molecule has 2 saturated heterocycles. The van der Waals surface area contributed by atoms with Gasteiger partial charge in [-0.3, -0.25) is 4.79 Å². The first-order chi connectivity index (χ1) is 19.2. The standard InChI is InChI=1S/C29H40O11S/c1-14(2)17(32)19(36-13-30)22(40-26(41)37-16-11-9-8-10-12-16)29-21-18(33)20(27(4,5)6)28(29,15(3)31)25(35-7)39-23(29)24(34)38-21/h8-15,17-23,25,31-33H,1-7H3/t15-,17+,18+,19?,20-,21?,22-,23?,25?,28?,29?/m0/s1. The van der Waals surface area contributed by atoms with Crippen LogP contribution in [0, 0.1) is 28.1 Å². The number of hydrogen-bond acceptors (Lipinski definition) is 12. The van der Waals surface area contributed by atoms with E-state index in [2.05, 4.69) is 0 Å². The van der Waals surface area contributed by atoms with Crippen LogP contribution < -0.4 is 4.74 Å². The molecule has 3 fully saturated rings. The molecule has 0 radical (unpaired) electrons. The van der Waals surface area contributed by atoms with Crippen molar-refractivity contribution in [3.8, 4) is 5.75 Å². The van der Waals surface area contributed by atoms with Gasteiger partial charge in [-0.2, -0.15) is 0 Å². The molecule has 0 bridgehead atoms. The molecular formula is C29H40O11S. The number of carbonyl (C=O) groups excluding carboxylic acids is 2. The van der Waals surface area contributed by atoms with E-state index in [0.29, 0.717) is 5.75 Å². The zero-order valence-electron chi connectivity index (χ0n) is 24.3. The number of hydrogen-bond donors (Lipinski definition) is 3. The van der Waals surface area contributed by atoms with Gasteiger partial charge >= 0.3 is 11.2 Å². The van der Waals surface area contributed by atoms with Crippen molar-refractivity contribution in [2.75, 3.05) is 7.11 Å². The molecule has 11 atom stereocenters. The van der Waals surface area contributed by atoms with Crippen LogP contribution in [0.3, 0.4) is 0 Å². The minimum absolute atomic E-state index is 0.162. The Hall–Kier alpha value is -2.35. The molecule has 0 aromatic heterocycles. The summed E-state index contributed by atoms with van der Waals surface area (Å²) in [5.41, 5.74) is -4.07. The second-order valence-electron chi connectivity index (χ2n) is 12.5. The molecule has 3 aliphatic rings. The van der Waals surface area contributed by atoms with Crippen LogP contribution in [0.15, 0.2) is 30.3 Å². The summed E-state index contributed by atoms with van der Waals surface area (Å²) in [5, 5.41) is 34.6. The topological polar surface area (TPSA) is 150 Å². The van der Waals surface area contributed by atoms with Crippen molar-refractivity contribution in [2.45, 2.75) is 90.6 Å². The highest BCUT2D eigenvalue weighted by Crippen LogP contribution is 2.75. The van der Waals surface area contributed by atoms with E-state index in [-0.39, 0.29) is 6.47 Å². The summed E-state index contributed by atoms with van der Waals surface area (Å²) in [6, 6.07) is 8.55. The number of ether oxygens (including phenoxy) is 6. The molecule has 11 nitrogen and oxygen atoms in total. The number of methoxy groups -OCH3 is 1. The van der Waals surface area contributed by atoms with Gasteiger partial charge in [0.25, 0.3) is 6.47 Å². The highest BCUT2D eigenvalue weighted by atomic mass is 32.1. The third-order valence-electron chi connectivity index (χ3n) is 8.94. The van der Waals surface area contributed by atoms with E-state index in [9.17, 15) is 24.9 Å². The lowest BCUT2D eigenvalue weighted by Gasteiger charge is -2.53. The summed E-state index contributed by atoms with van der Waals surface area (Å²) in [7, 11) is 1.37. The van der Waals surface area contributed by atoms with Crippen LogP contribution in [0.25, 0.3) is 0 Å². The average Bonchev–Trinajstić information content (AvgIpc) is 3.45. The monoisotopic (exact) mass is 596 g/mol. The van der Waals surface area contributed by atoms with Crippen LogP contribution in [-0.2, 0) is 33.3 Å². The second-order valence-corrected chi connectivity index (χ2v) is 12.8. The lowest BCUT2D eigenvalue weighted by molar-refractivity contribution is -0.236. The first kappa shape index (κ1) is 31.6. The number of rotatable bonds is 10. The van der Waals surface area contributed by atoms with Crippen LogP contribution in [0.4, 0.5) is 0 Å². The van der Waals surface area contributed by atoms with Gasteiger partial charge in [0.05, 0.1) is 23.7 Å². The lowest BCUT2D eigenvalue weighted by Crippen LogP contribution is -2.67. The number of para-hydroxylation sites is 1. The predicted molar refractivity (Wildman–Crippen MR) is 147 cm³/mol. The normalized spacial score (nSPS) is 35.3. The zero-order chi connectivity index (χ0) is 30.5. The van der Waals surface area contributed by atoms with E-state index < -0.39 is 88.3 Å². The molecule has 3 N–H and O–H groups in total. The van der Waals surface area contributed by atoms with Crippen molar-refractivity contribution >= 4 is 29.9 Å². The molecule has 1 saturated carbocycles. The second kappa shape index (κ2) is 11.4. The molecule has 1 aromatic carbocycles. The largest absolute Gasteiger partial charge is 0.458 e. The first-order valence-corrected chi connectivity index (χ1v) is 14.1. The molecule has 1 aliphatic carbocycles. The fourth-order valence-electron chi connectivity index (χ4n) is 7.71. The molecule has 1 aromatic rings. The maximum atomic E-state index is 13.5. The number of aliphatic hydroxyl groups is 3. The molecule has 12 heteroatoms. The third kappa shape index (κ3) is 4.63. The zero-order valence-corrected chi connectivity index (χ0v) is 25.1. The maximum absolute atomic E-state index is 13.5. The maximum Gasteiger partial charge on any atom is 0.358 e. The van der Waals surface area contributed by atoms with Gasteiger partial charge in [-0.15, -0.1) is 0 Å². The molecule has 4 rings (SSSR count). The van der Waals surface area contributed by atoms with Crippen molar-refractivity contribution in [1.82, 2.24) is 0 Å². The summed E-state index contributed by atoms with van der Waals surface area (Å²) in [5.74, 6) is -1.74. The first-order valence-electron chi connectivity index (χ1n) is 13.7. The van der Waals surface area contributed by atoms with Crippen molar-refractivity contribution < 1.29 is 53.3 Å². The summed E-state index contributed by atoms with van der Waals surface area (Å²) < 4.78 is 35.4. The third-order valence-corrected chi connectivity index (χ3v) is 9.11. The Morgan fingerprint density at radius 3 is 2.27 bits per heavy atom. The minimum atomic E-state index is -1.77. The molecule has 41 heavy (non-hydrogen) atoms. The van der Waals surface area contributed by atoms with Gasteiger partial charge < -0.3 is 43.7 Å². The Bertz CT molecular complexity index is 1120.